The van der Waals surface area contributed by atoms with E-state index in [1.807, 2.05) is 30.3 Å². The molecule has 0 fully saturated rings. The predicted octanol–water partition coefficient (Wildman–Crippen LogP) is 1.93. The molecule has 0 saturated carbocycles. The highest BCUT2D eigenvalue weighted by Crippen LogP contribution is 2.19. The van der Waals surface area contributed by atoms with Crippen LogP contribution < -0.4 is 11.1 Å². The van der Waals surface area contributed by atoms with Gasteiger partial charge in [-0.05, 0) is 11.1 Å². The van der Waals surface area contributed by atoms with Crippen molar-refractivity contribution in [1.29, 1.82) is 5.26 Å². The first-order valence-electron chi connectivity index (χ1n) is 6.21. The van der Waals surface area contributed by atoms with Gasteiger partial charge in [-0.1, -0.05) is 24.3 Å². The first kappa shape index (κ1) is 14.4. The van der Waals surface area contributed by atoms with Gasteiger partial charge in [-0.2, -0.15) is 5.26 Å². The van der Waals surface area contributed by atoms with Crippen LogP contribution in [0.2, 0.25) is 0 Å². The summed E-state index contributed by atoms with van der Waals surface area (Å²) in [5, 5.41) is 22.7. The Morgan fingerprint density at radius 3 is 2.71 bits per heavy atom. The Hall–Kier alpha value is -2.98. The van der Waals surface area contributed by atoms with Gasteiger partial charge >= 0.3 is 0 Å². The minimum atomic E-state index is -0.582. The Morgan fingerprint density at radius 1 is 1.38 bits per heavy atom. The molecule has 2 aromatic rings. The maximum atomic E-state index is 10.7. The highest BCUT2D eigenvalue weighted by molar-refractivity contribution is 5.55. The fraction of sp³-hybridized carbons (Fsp3) is 0.143. The van der Waals surface area contributed by atoms with Crippen molar-refractivity contribution < 1.29 is 4.92 Å². The maximum Gasteiger partial charge on any atom is 0.289 e. The van der Waals surface area contributed by atoms with Gasteiger partial charge < -0.3 is 11.1 Å². The summed E-state index contributed by atoms with van der Waals surface area (Å²) in [5.74, 6) is 0.315. The number of hydrogen-bond donors (Lipinski definition) is 2. The smallest absolute Gasteiger partial charge is 0.289 e. The first-order valence-corrected chi connectivity index (χ1v) is 6.21. The average Bonchev–Trinajstić information content (AvgIpc) is 2.52. The van der Waals surface area contributed by atoms with E-state index in [0.717, 1.165) is 17.3 Å². The molecule has 1 aromatic heterocycles. The summed E-state index contributed by atoms with van der Waals surface area (Å²) < 4.78 is 0. The molecule has 0 unspecified atom stereocenters. The molecule has 7 nitrogen and oxygen atoms in total. The van der Waals surface area contributed by atoms with Crippen molar-refractivity contribution in [3.05, 3.63) is 63.3 Å². The van der Waals surface area contributed by atoms with Crippen LogP contribution in [-0.2, 0) is 13.1 Å². The van der Waals surface area contributed by atoms with Crippen LogP contribution in [0.25, 0.3) is 0 Å². The van der Waals surface area contributed by atoms with E-state index in [4.69, 9.17) is 11.0 Å². The van der Waals surface area contributed by atoms with E-state index in [-0.39, 0.29) is 11.3 Å². The van der Waals surface area contributed by atoms with Crippen LogP contribution in [0.15, 0.2) is 36.5 Å². The van der Waals surface area contributed by atoms with Gasteiger partial charge in [0.25, 0.3) is 5.69 Å². The number of nitrogens with one attached hydrogen (secondary N) is 1. The molecular weight excluding hydrogens is 270 g/mol. The number of anilines is 1. The summed E-state index contributed by atoms with van der Waals surface area (Å²) in [6.07, 6.45) is 1.12. The zero-order chi connectivity index (χ0) is 15.2. The lowest BCUT2D eigenvalue weighted by Gasteiger charge is -2.10. The van der Waals surface area contributed by atoms with Crippen molar-refractivity contribution in [2.24, 2.45) is 5.73 Å². The van der Waals surface area contributed by atoms with Gasteiger partial charge in [-0.15, -0.1) is 0 Å². The van der Waals surface area contributed by atoms with Gasteiger partial charge in [-0.25, -0.2) is 4.98 Å². The van der Waals surface area contributed by atoms with Gasteiger partial charge in [0.05, 0.1) is 4.92 Å². The molecule has 21 heavy (non-hydrogen) atoms. The minimum Gasteiger partial charge on any atom is -0.365 e. The largest absolute Gasteiger partial charge is 0.365 e. The quantitative estimate of drug-likeness (QED) is 0.639. The zero-order valence-corrected chi connectivity index (χ0v) is 11.1. The number of nitriles is 1. The summed E-state index contributed by atoms with van der Waals surface area (Å²) in [7, 11) is 0. The Morgan fingerprint density at radius 2 is 2.10 bits per heavy atom. The molecule has 0 atom stereocenters. The van der Waals surface area contributed by atoms with Crippen molar-refractivity contribution >= 4 is 11.5 Å². The number of aromatic nitrogens is 1. The second-order valence-electron chi connectivity index (χ2n) is 4.28. The van der Waals surface area contributed by atoms with Gasteiger partial charge in [0, 0.05) is 19.2 Å². The molecule has 0 aliphatic heterocycles. The van der Waals surface area contributed by atoms with Crippen LogP contribution >= 0.6 is 0 Å². The molecule has 0 aliphatic rings. The highest BCUT2D eigenvalue weighted by atomic mass is 16.6. The Labute approximate surface area is 121 Å². The normalized spacial score (nSPS) is 9.90. The minimum absolute atomic E-state index is 0.134. The number of rotatable bonds is 5. The summed E-state index contributed by atoms with van der Waals surface area (Å²) in [5.41, 5.74) is 7.56. The lowest BCUT2D eigenvalue weighted by atomic mass is 10.1. The van der Waals surface area contributed by atoms with Crippen LogP contribution in [0.3, 0.4) is 0 Å². The third kappa shape index (κ3) is 3.32. The molecule has 0 aliphatic carbocycles. The topological polar surface area (TPSA) is 118 Å². The van der Waals surface area contributed by atoms with E-state index in [9.17, 15) is 10.1 Å². The Kier molecular flexibility index (Phi) is 4.43. The van der Waals surface area contributed by atoms with Gasteiger partial charge in [0.2, 0.25) is 0 Å². The molecule has 0 saturated heterocycles. The summed E-state index contributed by atoms with van der Waals surface area (Å²) in [6, 6.07) is 10.7. The summed E-state index contributed by atoms with van der Waals surface area (Å²) in [4.78, 5) is 14.0. The lowest BCUT2D eigenvalue weighted by molar-refractivity contribution is -0.385. The van der Waals surface area contributed by atoms with Crippen LogP contribution in [0.5, 0.6) is 0 Å². The second kappa shape index (κ2) is 6.45. The number of nitrogens with two attached hydrogens (primary N) is 1. The van der Waals surface area contributed by atoms with Crippen LogP contribution in [0, 0.1) is 21.4 Å². The molecule has 2 rings (SSSR count). The highest BCUT2D eigenvalue weighted by Gasteiger charge is 2.12. The molecule has 0 spiro atoms. The van der Waals surface area contributed by atoms with E-state index >= 15 is 0 Å². The van der Waals surface area contributed by atoms with E-state index in [1.165, 1.54) is 6.07 Å². The van der Waals surface area contributed by atoms with Crippen LogP contribution in [0.4, 0.5) is 11.5 Å². The van der Waals surface area contributed by atoms with Gasteiger partial charge in [0.15, 0.2) is 0 Å². The number of benzene rings is 1. The Bertz CT molecular complexity index is 709. The monoisotopic (exact) mass is 283 g/mol. The molecule has 7 heteroatoms. The molecule has 3 N–H and O–H groups in total. The molecular formula is C14H13N5O2. The molecule has 0 bridgehead atoms. The fourth-order valence-electron chi connectivity index (χ4n) is 1.89. The molecule has 1 aromatic carbocycles. The van der Waals surface area contributed by atoms with Gasteiger partial charge in [0.1, 0.15) is 23.6 Å². The van der Waals surface area contributed by atoms with Gasteiger partial charge in [-0.3, -0.25) is 10.1 Å². The van der Waals surface area contributed by atoms with Crippen molar-refractivity contribution in [2.45, 2.75) is 13.1 Å². The third-order valence-corrected chi connectivity index (χ3v) is 2.99. The van der Waals surface area contributed by atoms with Crippen molar-refractivity contribution in [3.8, 4) is 6.07 Å². The summed E-state index contributed by atoms with van der Waals surface area (Å²) in [6.45, 7) is 0.851. The molecule has 0 radical (unpaired) electrons. The lowest BCUT2D eigenvalue weighted by Crippen LogP contribution is -2.08. The fourth-order valence-corrected chi connectivity index (χ4v) is 1.89. The first-order chi connectivity index (χ1) is 10.2. The van der Waals surface area contributed by atoms with E-state index in [1.54, 1.807) is 0 Å². The van der Waals surface area contributed by atoms with Crippen molar-refractivity contribution in [3.63, 3.8) is 0 Å². The molecule has 1 heterocycles. The van der Waals surface area contributed by atoms with Crippen molar-refractivity contribution in [1.82, 2.24) is 4.98 Å². The predicted molar refractivity (Wildman–Crippen MR) is 77.3 cm³/mol. The average molecular weight is 283 g/mol. The Balaban J connectivity index is 2.20. The third-order valence-electron chi connectivity index (χ3n) is 2.99. The standard InChI is InChI=1S/C14H13N5O2/c15-6-10-3-1-2-4-11(10)8-17-14-12(7-16)5-13(9-18-14)19(20)21/h1-5,9H,6,8,15H2,(H,17,18). The van der Waals surface area contributed by atoms with Crippen LogP contribution in [-0.4, -0.2) is 9.91 Å². The SMILES string of the molecule is N#Cc1cc([N+](=O)[O-])cnc1NCc1ccccc1CN. The summed E-state index contributed by atoms with van der Waals surface area (Å²) >= 11 is 0. The van der Waals surface area contributed by atoms with Crippen molar-refractivity contribution in [2.75, 3.05) is 5.32 Å². The number of hydrogen-bond acceptors (Lipinski definition) is 6. The number of pyridine rings is 1. The molecule has 106 valence electrons. The maximum absolute atomic E-state index is 10.7. The number of nitrogens with zero attached hydrogens (tertiary/aromatic N) is 3. The zero-order valence-electron chi connectivity index (χ0n) is 11.1. The molecule has 0 amide bonds. The van der Waals surface area contributed by atoms with Crippen LogP contribution in [0.1, 0.15) is 16.7 Å². The van der Waals surface area contributed by atoms with E-state index in [2.05, 4.69) is 10.3 Å². The van der Waals surface area contributed by atoms with E-state index in [0.29, 0.717) is 18.9 Å². The number of nitro groups is 1. The van der Waals surface area contributed by atoms with E-state index < -0.39 is 4.92 Å². The second-order valence-corrected chi connectivity index (χ2v) is 4.28.